The lowest BCUT2D eigenvalue weighted by Gasteiger charge is -2.25. The number of nitrogens with zero attached hydrogens (tertiary/aromatic N) is 1. The van der Waals surface area contributed by atoms with Gasteiger partial charge < -0.3 is 16.3 Å². The third kappa shape index (κ3) is 3.04. The van der Waals surface area contributed by atoms with Crippen molar-refractivity contribution in [3.8, 4) is 0 Å². The second kappa shape index (κ2) is 6.01. The van der Waals surface area contributed by atoms with Gasteiger partial charge in [-0.3, -0.25) is 4.79 Å². The van der Waals surface area contributed by atoms with E-state index in [1.54, 1.807) is 13.0 Å². The molecule has 0 spiro atoms. The minimum atomic E-state index is -1.21. The highest BCUT2D eigenvalue weighted by Gasteiger charge is 2.37. The number of rotatable bonds is 4. The normalized spacial score (nSPS) is 14.8. The molecule has 0 fully saturated rings. The molecule has 0 aliphatic carbocycles. The van der Waals surface area contributed by atoms with Crippen molar-refractivity contribution in [3.63, 3.8) is 0 Å². The Bertz CT molecular complexity index is 501. The lowest BCUT2D eigenvalue weighted by atomic mass is 9.85. The van der Waals surface area contributed by atoms with Crippen molar-refractivity contribution in [1.82, 2.24) is 0 Å². The monoisotopic (exact) mass is 331 g/mol. The molecule has 0 bridgehead atoms. The number of hydrogen-bond acceptors (Lipinski definition) is 3. The predicted molar refractivity (Wildman–Crippen MR) is 74.5 cm³/mol. The zero-order chi connectivity index (χ0) is 14.6. The van der Waals surface area contributed by atoms with Gasteiger partial charge in [0, 0.05) is 4.47 Å². The third-order valence-corrected chi connectivity index (χ3v) is 3.74. The topological polar surface area (TPSA) is 87.7 Å². The SMILES string of the molecule is CCC(C)(C(=O)Nc1c(F)cccc1Br)/C(N)=N/O. The Balaban J connectivity index is 3.09. The first-order chi connectivity index (χ1) is 8.86. The van der Waals surface area contributed by atoms with Crippen LogP contribution in [0.1, 0.15) is 20.3 Å². The summed E-state index contributed by atoms with van der Waals surface area (Å²) in [6.45, 7) is 3.24. The van der Waals surface area contributed by atoms with E-state index in [0.717, 1.165) is 0 Å². The van der Waals surface area contributed by atoms with Gasteiger partial charge in [-0.15, -0.1) is 0 Å². The van der Waals surface area contributed by atoms with Crippen LogP contribution in [-0.2, 0) is 4.79 Å². The molecule has 5 nitrogen and oxygen atoms in total. The van der Waals surface area contributed by atoms with Crippen LogP contribution in [0.4, 0.5) is 10.1 Å². The number of carbonyl (C=O) groups is 1. The molecule has 7 heteroatoms. The van der Waals surface area contributed by atoms with Crippen molar-refractivity contribution < 1.29 is 14.4 Å². The van der Waals surface area contributed by atoms with Crippen LogP contribution in [0, 0.1) is 11.2 Å². The lowest BCUT2D eigenvalue weighted by Crippen LogP contribution is -2.44. The fraction of sp³-hybridized carbons (Fsp3) is 0.333. The van der Waals surface area contributed by atoms with Gasteiger partial charge in [0.15, 0.2) is 5.84 Å². The number of anilines is 1. The second-order valence-corrected chi connectivity index (χ2v) is 5.08. The van der Waals surface area contributed by atoms with Gasteiger partial charge in [0.2, 0.25) is 5.91 Å². The highest BCUT2D eigenvalue weighted by Crippen LogP contribution is 2.29. The molecular weight excluding hydrogens is 317 g/mol. The van der Waals surface area contributed by atoms with Gasteiger partial charge in [0.25, 0.3) is 0 Å². The number of benzene rings is 1. The molecule has 4 N–H and O–H groups in total. The van der Waals surface area contributed by atoms with Crippen LogP contribution in [-0.4, -0.2) is 17.0 Å². The Morgan fingerprint density at radius 3 is 2.74 bits per heavy atom. The van der Waals surface area contributed by atoms with E-state index in [1.165, 1.54) is 19.1 Å². The van der Waals surface area contributed by atoms with Gasteiger partial charge in [0.1, 0.15) is 11.2 Å². The molecule has 0 aromatic heterocycles. The molecule has 0 heterocycles. The van der Waals surface area contributed by atoms with E-state index in [1.807, 2.05) is 0 Å². The maximum absolute atomic E-state index is 13.6. The molecule has 0 aliphatic rings. The van der Waals surface area contributed by atoms with E-state index >= 15 is 0 Å². The number of nitrogens with one attached hydrogen (secondary N) is 1. The number of para-hydroxylation sites is 1. The number of amides is 1. The second-order valence-electron chi connectivity index (χ2n) is 4.22. The van der Waals surface area contributed by atoms with Gasteiger partial charge in [0.05, 0.1) is 5.69 Å². The number of halogens is 2. The quantitative estimate of drug-likeness (QED) is 0.343. The first kappa shape index (κ1) is 15.4. The van der Waals surface area contributed by atoms with E-state index in [4.69, 9.17) is 10.9 Å². The first-order valence-corrected chi connectivity index (χ1v) is 6.39. The Labute approximate surface area is 118 Å². The summed E-state index contributed by atoms with van der Waals surface area (Å²) in [6, 6.07) is 4.34. The fourth-order valence-electron chi connectivity index (χ4n) is 1.44. The largest absolute Gasteiger partial charge is 0.409 e. The maximum Gasteiger partial charge on any atom is 0.238 e. The molecule has 1 unspecified atom stereocenters. The molecule has 19 heavy (non-hydrogen) atoms. The van der Waals surface area contributed by atoms with Gasteiger partial charge in [-0.25, -0.2) is 4.39 Å². The smallest absolute Gasteiger partial charge is 0.238 e. The Hall–Kier alpha value is -1.63. The van der Waals surface area contributed by atoms with Crippen LogP contribution in [0.3, 0.4) is 0 Å². The van der Waals surface area contributed by atoms with Crippen LogP contribution < -0.4 is 11.1 Å². The maximum atomic E-state index is 13.6. The zero-order valence-corrected chi connectivity index (χ0v) is 12.2. The van der Waals surface area contributed by atoms with Gasteiger partial charge in [-0.1, -0.05) is 18.1 Å². The number of carbonyl (C=O) groups excluding carboxylic acids is 1. The molecule has 1 amide bonds. The number of hydrogen-bond donors (Lipinski definition) is 3. The van der Waals surface area contributed by atoms with Crippen molar-refractivity contribution in [2.24, 2.45) is 16.3 Å². The number of oxime groups is 1. The number of amidine groups is 1. The summed E-state index contributed by atoms with van der Waals surface area (Å²) in [7, 11) is 0. The van der Waals surface area contributed by atoms with Gasteiger partial charge in [-0.05, 0) is 41.4 Å². The summed E-state index contributed by atoms with van der Waals surface area (Å²) < 4.78 is 14.0. The molecule has 0 radical (unpaired) electrons. The van der Waals surface area contributed by atoms with Crippen molar-refractivity contribution in [2.75, 3.05) is 5.32 Å². The lowest BCUT2D eigenvalue weighted by molar-refractivity contribution is -0.121. The van der Waals surface area contributed by atoms with E-state index in [-0.39, 0.29) is 11.5 Å². The molecule has 0 aliphatic heterocycles. The standard InChI is InChI=1S/C12H15BrFN3O2/c1-3-12(2,10(15)17-19)11(18)16-9-7(13)5-4-6-8(9)14/h4-6,19H,3H2,1-2H3,(H2,15,17)(H,16,18). The average Bonchev–Trinajstić information content (AvgIpc) is 2.40. The molecule has 1 aromatic carbocycles. The van der Waals surface area contributed by atoms with E-state index in [9.17, 15) is 9.18 Å². The fourth-order valence-corrected chi connectivity index (χ4v) is 1.88. The molecular formula is C12H15BrFN3O2. The van der Waals surface area contributed by atoms with Gasteiger partial charge in [-0.2, -0.15) is 0 Å². The van der Waals surface area contributed by atoms with Crippen LogP contribution in [0.25, 0.3) is 0 Å². The molecule has 1 atom stereocenters. The van der Waals surface area contributed by atoms with Crippen molar-refractivity contribution in [1.29, 1.82) is 0 Å². The summed E-state index contributed by atoms with van der Waals surface area (Å²) >= 11 is 3.15. The molecule has 1 rings (SSSR count). The minimum absolute atomic E-state index is 0.0258. The van der Waals surface area contributed by atoms with E-state index in [0.29, 0.717) is 10.9 Å². The highest BCUT2D eigenvalue weighted by molar-refractivity contribution is 9.10. The summed E-state index contributed by atoms with van der Waals surface area (Å²) in [4.78, 5) is 12.2. The van der Waals surface area contributed by atoms with Crippen LogP contribution in [0.5, 0.6) is 0 Å². The Kier molecular flexibility index (Phi) is 4.88. The number of nitrogens with two attached hydrogens (primary N) is 1. The third-order valence-electron chi connectivity index (χ3n) is 3.08. The van der Waals surface area contributed by atoms with Crippen LogP contribution >= 0.6 is 15.9 Å². The molecule has 104 valence electrons. The summed E-state index contributed by atoms with van der Waals surface area (Å²) in [5, 5.41) is 14.0. The van der Waals surface area contributed by atoms with Crippen molar-refractivity contribution in [2.45, 2.75) is 20.3 Å². The molecule has 1 aromatic rings. The van der Waals surface area contributed by atoms with Crippen LogP contribution in [0.2, 0.25) is 0 Å². The highest BCUT2D eigenvalue weighted by atomic mass is 79.9. The van der Waals surface area contributed by atoms with E-state index < -0.39 is 17.1 Å². The summed E-state index contributed by atoms with van der Waals surface area (Å²) in [6.07, 6.45) is 0.306. The van der Waals surface area contributed by atoms with Crippen molar-refractivity contribution >= 4 is 33.4 Å². The van der Waals surface area contributed by atoms with Crippen molar-refractivity contribution in [3.05, 3.63) is 28.5 Å². The Morgan fingerprint density at radius 2 is 2.26 bits per heavy atom. The zero-order valence-electron chi connectivity index (χ0n) is 10.6. The summed E-state index contributed by atoms with van der Waals surface area (Å²) in [5.41, 5.74) is 4.34. The minimum Gasteiger partial charge on any atom is -0.409 e. The van der Waals surface area contributed by atoms with E-state index in [2.05, 4.69) is 26.4 Å². The Morgan fingerprint density at radius 1 is 1.63 bits per heavy atom. The predicted octanol–water partition coefficient (Wildman–Crippen LogP) is 2.69. The summed E-state index contributed by atoms with van der Waals surface area (Å²) in [5.74, 6) is -1.34. The average molecular weight is 332 g/mol. The molecule has 0 saturated carbocycles. The first-order valence-electron chi connectivity index (χ1n) is 5.60. The van der Waals surface area contributed by atoms with Crippen LogP contribution in [0.15, 0.2) is 27.8 Å². The molecule has 0 saturated heterocycles. The van der Waals surface area contributed by atoms with Gasteiger partial charge >= 0.3 is 0 Å².